The Labute approximate surface area is 435 Å². The van der Waals surface area contributed by atoms with E-state index in [-0.39, 0.29) is 0 Å². The number of nitrogens with zero attached hydrogens (tertiary/aromatic N) is 4. The Hall–Kier alpha value is -9.55. The Balaban J connectivity index is 0.881. The number of aromatic nitrogens is 4. The zero-order chi connectivity index (χ0) is 48.9. The average Bonchev–Trinajstić information content (AvgIpc) is 4.37. The van der Waals surface area contributed by atoms with Crippen LogP contribution in [0.2, 0.25) is 0 Å². The Morgan fingerprint density at radius 3 is 1.39 bits per heavy atom. The molecule has 0 bridgehead atoms. The van der Waals surface area contributed by atoms with Crippen molar-refractivity contribution in [2.45, 2.75) is 5.41 Å². The van der Waals surface area contributed by atoms with E-state index in [1.807, 2.05) is 11.3 Å². The number of hydrogen-bond donors (Lipinski definition) is 0. The van der Waals surface area contributed by atoms with Crippen molar-refractivity contribution < 1.29 is 0 Å². The Bertz CT molecular complexity index is 4820. The van der Waals surface area contributed by atoms with Crippen molar-refractivity contribution >= 4 is 85.6 Å². The third kappa shape index (κ3) is 5.62. The number of rotatable bonds is 4. The lowest BCUT2D eigenvalue weighted by molar-refractivity contribution is 0.794. The lowest BCUT2D eigenvalue weighted by Crippen LogP contribution is -2.25. The van der Waals surface area contributed by atoms with Crippen LogP contribution in [0.25, 0.3) is 136 Å². The van der Waals surface area contributed by atoms with E-state index in [4.69, 9.17) is 15.0 Å². The van der Waals surface area contributed by atoms with Crippen LogP contribution in [-0.2, 0) is 5.41 Å². The summed E-state index contributed by atoms with van der Waals surface area (Å²) in [4.78, 5) is 16.2. The molecule has 75 heavy (non-hydrogen) atoms. The molecule has 2 aliphatic carbocycles. The molecule has 0 unspecified atom stereocenters. The monoisotopic (exact) mass is 968 g/mol. The van der Waals surface area contributed by atoms with Crippen LogP contribution in [0, 0.1) is 0 Å². The molecule has 2 aliphatic rings. The first-order valence-electron chi connectivity index (χ1n) is 25.7. The molecule has 346 valence electrons. The van der Waals surface area contributed by atoms with E-state index in [9.17, 15) is 0 Å². The first kappa shape index (κ1) is 41.0. The molecule has 0 saturated carbocycles. The van der Waals surface area contributed by atoms with Gasteiger partial charge in [0.05, 0.1) is 26.8 Å². The maximum atomic E-state index is 5.46. The Morgan fingerprint density at radius 1 is 0.307 bits per heavy atom. The second-order valence-electron chi connectivity index (χ2n) is 20.2. The summed E-state index contributed by atoms with van der Waals surface area (Å²) in [6.45, 7) is 0. The highest BCUT2D eigenvalue weighted by Gasteiger charge is 2.51. The largest absolute Gasteiger partial charge is 0.307 e. The molecule has 0 atom stereocenters. The molecule has 0 aliphatic heterocycles. The number of thiophene rings is 1. The summed E-state index contributed by atoms with van der Waals surface area (Å²) < 4.78 is 4.96. The summed E-state index contributed by atoms with van der Waals surface area (Å²) in [5, 5.41) is 12.2. The van der Waals surface area contributed by atoms with Crippen molar-refractivity contribution in [2.24, 2.45) is 0 Å². The first-order valence-corrected chi connectivity index (χ1v) is 26.5. The van der Waals surface area contributed by atoms with Crippen molar-refractivity contribution in [3.05, 3.63) is 265 Å². The van der Waals surface area contributed by atoms with Crippen molar-refractivity contribution in [1.29, 1.82) is 0 Å². The maximum Gasteiger partial charge on any atom is 0.164 e. The van der Waals surface area contributed by atoms with E-state index < -0.39 is 5.41 Å². The summed E-state index contributed by atoms with van der Waals surface area (Å²) >= 11 is 1.84. The van der Waals surface area contributed by atoms with Gasteiger partial charge in [0.15, 0.2) is 17.5 Å². The second kappa shape index (κ2) is 15.2. The fourth-order valence-electron chi connectivity index (χ4n) is 13.2. The van der Waals surface area contributed by atoms with Gasteiger partial charge in [-0.2, -0.15) is 0 Å². The third-order valence-electron chi connectivity index (χ3n) is 16.4. The lowest BCUT2D eigenvalue weighted by Gasteiger charge is -2.30. The standard InChI is InChI=1S/C70H40N4S/c1-2-17-44-38-45(29-28-41(44)14-1)67-71-68(46-32-34-53-52-22-9-12-26-60(52)70(61(53)39-46)58-24-10-7-20-50(58)51-21-8-11-25-59(51)70)73-69(72-67)47-33-35-54-57-23-13-27-62(66(57)75-63(54)40-47)74-64-48-18-5-3-15-42(48)30-36-55(64)56-37-31-43-16-4-6-19-49(43)65(56)74/h1-40H. The molecule has 0 amide bonds. The zero-order valence-electron chi connectivity index (χ0n) is 40.3. The van der Waals surface area contributed by atoms with Crippen molar-refractivity contribution in [3.63, 3.8) is 0 Å². The summed E-state index contributed by atoms with van der Waals surface area (Å²) in [6, 6.07) is 89.1. The minimum Gasteiger partial charge on any atom is -0.307 e. The molecule has 15 aromatic rings. The second-order valence-corrected chi connectivity index (χ2v) is 21.2. The molecule has 0 saturated heterocycles. The maximum absolute atomic E-state index is 5.46. The minimum atomic E-state index is -0.489. The molecule has 0 N–H and O–H groups in total. The van der Waals surface area contributed by atoms with Gasteiger partial charge in [-0.3, -0.25) is 0 Å². The summed E-state index contributed by atoms with van der Waals surface area (Å²) in [5.74, 6) is 1.92. The molecule has 3 heterocycles. The molecule has 1 spiro atoms. The van der Waals surface area contributed by atoms with E-state index in [2.05, 4.69) is 247 Å². The van der Waals surface area contributed by atoms with Crippen LogP contribution >= 0.6 is 11.3 Å². The van der Waals surface area contributed by atoms with Crippen LogP contribution in [0.3, 0.4) is 0 Å². The van der Waals surface area contributed by atoms with Crippen LogP contribution in [-0.4, -0.2) is 19.5 Å². The molecule has 0 radical (unpaired) electrons. The lowest BCUT2D eigenvalue weighted by atomic mass is 9.70. The Morgan fingerprint density at radius 2 is 0.760 bits per heavy atom. The van der Waals surface area contributed by atoms with E-state index in [0.717, 1.165) is 22.1 Å². The fraction of sp³-hybridized carbons (Fsp3) is 0.0143. The van der Waals surface area contributed by atoms with Gasteiger partial charge in [0.25, 0.3) is 0 Å². The van der Waals surface area contributed by atoms with Crippen LogP contribution in [0.1, 0.15) is 22.3 Å². The van der Waals surface area contributed by atoms with E-state index >= 15 is 0 Å². The van der Waals surface area contributed by atoms with Gasteiger partial charge in [-0.25, -0.2) is 15.0 Å². The van der Waals surface area contributed by atoms with Crippen LogP contribution in [0.15, 0.2) is 243 Å². The molecule has 4 nitrogen and oxygen atoms in total. The molecule has 12 aromatic carbocycles. The fourth-order valence-corrected chi connectivity index (χ4v) is 14.4. The number of benzene rings is 12. The van der Waals surface area contributed by atoms with Gasteiger partial charge in [-0.05, 0) is 90.3 Å². The zero-order valence-corrected chi connectivity index (χ0v) is 41.1. The number of fused-ring (bicyclic) bond motifs is 21. The van der Waals surface area contributed by atoms with Crippen molar-refractivity contribution in [3.8, 4) is 62.1 Å². The van der Waals surface area contributed by atoms with E-state index in [1.165, 1.54) is 119 Å². The van der Waals surface area contributed by atoms with Gasteiger partial charge in [-0.1, -0.05) is 218 Å². The van der Waals surface area contributed by atoms with E-state index in [1.54, 1.807) is 0 Å². The van der Waals surface area contributed by atoms with Gasteiger partial charge < -0.3 is 4.57 Å². The SMILES string of the molecule is c1ccc2c(c1)-c1ccccc1C21c2ccccc2-c2ccc(-c3nc(-c4ccc5ccccc5c4)nc(-c4ccc5c(c4)sc4c(-n6c7c8ccccc8ccc7c7ccc8ccccc8c76)cccc45)n3)cc21. The Kier molecular flexibility index (Phi) is 8.33. The van der Waals surface area contributed by atoms with Gasteiger partial charge in [-0.15, -0.1) is 11.3 Å². The molecular formula is C70H40N4S. The van der Waals surface area contributed by atoms with Gasteiger partial charge in [0, 0.05) is 53.7 Å². The molecule has 17 rings (SSSR count). The number of hydrogen-bond acceptors (Lipinski definition) is 4. The van der Waals surface area contributed by atoms with Gasteiger partial charge >= 0.3 is 0 Å². The van der Waals surface area contributed by atoms with Crippen molar-refractivity contribution in [1.82, 2.24) is 19.5 Å². The quantitative estimate of drug-likeness (QED) is 0.176. The predicted octanol–water partition coefficient (Wildman–Crippen LogP) is 18.1. The molecule has 0 fully saturated rings. The summed E-state index contributed by atoms with van der Waals surface area (Å²) in [7, 11) is 0. The summed E-state index contributed by atoms with van der Waals surface area (Å²) in [5.41, 5.74) is 16.2. The third-order valence-corrected chi connectivity index (χ3v) is 17.6. The van der Waals surface area contributed by atoms with Crippen LogP contribution < -0.4 is 0 Å². The highest BCUT2D eigenvalue weighted by molar-refractivity contribution is 7.26. The summed E-state index contributed by atoms with van der Waals surface area (Å²) in [6.07, 6.45) is 0. The van der Waals surface area contributed by atoms with Gasteiger partial charge in [0.1, 0.15) is 0 Å². The highest BCUT2D eigenvalue weighted by atomic mass is 32.1. The minimum absolute atomic E-state index is 0.489. The normalized spacial score (nSPS) is 13.2. The first-order chi connectivity index (χ1) is 37.2. The smallest absolute Gasteiger partial charge is 0.164 e. The topological polar surface area (TPSA) is 43.6 Å². The van der Waals surface area contributed by atoms with Gasteiger partial charge in [0.2, 0.25) is 0 Å². The predicted molar refractivity (Wildman–Crippen MR) is 312 cm³/mol. The van der Waals surface area contributed by atoms with Crippen LogP contribution in [0.5, 0.6) is 0 Å². The van der Waals surface area contributed by atoms with Crippen molar-refractivity contribution in [2.75, 3.05) is 0 Å². The average molecular weight is 969 g/mol. The molecule has 5 heteroatoms. The highest BCUT2D eigenvalue weighted by Crippen LogP contribution is 2.63. The molecule has 3 aromatic heterocycles. The van der Waals surface area contributed by atoms with Crippen LogP contribution in [0.4, 0.5) is 0 Å². The molecular weight excluding hydrogens is 929 g/mol. The van der Waals surface area contributed by atoms with E-state index in [0.29, 0.717) is 17.5 Å².